The lowest BCUT2D eigenvalue weighted by molar-refractivity contribution is -0.191. The van der Waals surface area contributed by atoms with Gasteiger partial charge in [0.15, 0.2) is 12.1 Å². The van der Waals surface area contributed by atoms with Gasteiger partial charge in [-0.25, -0.2) is 9.59 Å². The van der Waals surface area contributed by atoms with Gasteiger partial charge in [0.1, 0.15) is 0 Å². The highest BCUT2D eigenvalue weighted by atomic mass is 16.8. The van der Waals surface area contributed by atoms with Crippen molar-refractivity contribution in [3.63, 3.8) is 0 Å². The molecular weight excluding hydrogens is 436 g/mol. The molecule has 1 aromatic carbocycles. The maximum Gasteiger partial charge on any atom is 0.354 e. The molecule has 1 fully saturated rings. The maximum atomic E-state index is 14.2. The molecule has 2 aliphatic rings. The zero-order valence-electron chi connectivity index (χ0n) is 21.4. The SMILES string of the molecule is COC(=O)C1(C(=O)OC)O[C@H](c2ccc(C)cc2)O[C@]12C=C(C(C)(C)C)C=C(C(C)(C)C)C2=O. The summed E-state index contributed by atoms with van der Waals surface area (Å²) in [6.45, 7) is 13.5. The molecular formula is C27H34O7. The predicted molar refractivity (Wildman–Crippen MR) is 126 cm³/mol. The summed E-state index contributed by atoms with van der Waals surface area (Å²) in [5, 5.41) is 0. The van der Waals surface area contributed by atoms with Crippen molar-refractivity contribution < 1.29 is 33.3 Å². The number of methoxy groups -OCH3 is 2. The fourth-order valence-corrected chi connectivity index (χ4v) is 4.24. The van der Waals surface area contributed by atoms with Crippen LogP contribution in [0.3, 0.4) is 0 Å². The second-order valence-corrected chi connectivity index (χ2v) is 10.9. The largest absolute Gasteiger partial charge is 0.466 e. The minimum atomic E-state index is -2.50. The summed E-state index contributed by atoms with van der Waals surface area (Å²) < 4.78 is 22.5. The van der Waals surface area contributed by atoms with Gasteiger partial charge in [-0.15, -0.1) is 0 Å². The van der Waals surface area contributed by atoms with Crippen LogP contribution in [0.25, 0.3) is 0 Å². The van der Waals surface area contributed by atoms with E-state index in [0.717, 1.165) is 25.4 Å². The van der Waals surface area contributed by atoms with Crippen molar-refractivity contribution in [2.24, 2.45) is 10.8 Å². The Morgan fingerprint density at radius 2 is 1.41 bits per heavy atom. The lowest BCUT2D eigenvalue weighted by Gasteiger charge is -2.41. The van der Waals surface area contributed by atoms with E-state index in [0.29, 0.717) is 11.1 Å². The number of allylic oxidation sites excluding steroid dienone is 2. The summed E-state index contributed by atoms with van der Waals surface area (Å²) in [7, 11) is 2.26. The van der Waals surface area contributed by atoms with Gasteiger partial charge in [-0.1, -0.05) is 77.4 Å². The van der Waals surface area contributed by atoms with E-state index >= 15 is 0 Å². The smallest absolute Gasteiger partial charge is 0.354 e. The number of ketones is 1. The molecule has 1 aliphatic heterocycles. The van der Waals surface area contributed by atoms with Gasteiger partial charge >= 0.3 is 17.5 Å². The second kappa shape index (κ2) is 8.47. The van der Waals surface area contributed by atoms with Gasteiger partial charge in [0.05, 0.1) is 14.2 Å². The van der Waals surface area contributed by atoms with E-state index in [-0.39, 0.29) is 0 Å². The molecule has 184 valence electrons. The Labute approximate surface area is 201 Å². The highest BCUT2D eigenvalue weighted by Gasteiger charge is 2.76. The summed E-state index contributed by atoms with van der Waals surface area (Å²) in [5.41, 5.74) is -2.98. The highest BCUT2D eigenvalue weighted by molar-refractivity contribution is 6.18. The number of Topliss-reactive ketones (excluding diaryl/α,β-unsaturated/α-hetero) is 1. The number of esters is 2. The molecule has 3 rings (SSSR count). The molecule has 1 aromatic rings. The number of carbonyl (C=O) groups is 3. The van der Waals surface area contributed by atoms with E-state index in [1.54, 1.807) is 12.1 Å². The van der Waals surface area contributed by atoms with E-state index in [1.807, 2.05) is 66.7 Å². The molecule has 0 amide bonds. The first kappa shape index (κ1) is 25.8. The molecule has 0 bridgehead atoms. The Hall–Kier alpha value is -2.77. The molecule has 34 heavy (non-hydrogen) atoms. The van der Waals surface area contributed by atoms with E-state index in [9.17, 15) is 14.4 Å². The first-order valence-electron chi connectivity index (χ1n) is 11.2. The number of rotatable bonds is 3. The Kier molecular flexibility index (Phi) is 6.44. The van der Waals surface area contributed by atoms with Crippen molar-refractivity contribution >= 4 is 17.7 Å². The summed E-state index contributed by atoms with van der Waals surface area (Å²) in [4.78, 5) is 41.0. The summed E-state index contributed by atoms with van der Waals surface area (Å²) in [5.74, 6) is -2.68. The molecule has 1 spiro atoms. The zero-order valence-corrected chi connectivity index (χ0v) is 21.4. The van der Waals surface area contributed by atoms with Gasteiger partial charge in [-0.05, 0) is 29.4 Å². The van der Waals surface area contributed by atoms with Gasteiger partial charge in [-0.3, -0.25) is 4.79 Å². The predicted octanol–water partition coefficient (Wildman–Crippen LogP) is 4.39. The van der Waals surface area contributed by atoms with Crippen LogP contribution in [0.5, 0.6) is 0 Å². The Morgan fingerprint density at radius 1 is 0.882 bits per heavy atom. The number of hydrogen-bond donors (Lipinski definition) is 0. The third-order valence-corrected chi connectivity index (χ3v) is 6.31. The number of carbonyl (C=O) groups excluding carboxylic acids is 3. The molecule has 7 nitrogen and oxygen atoms in total. The average Bonchev–Trinajstić information content (AvgIpc) is 3.09. The molecule has 1 heterocycles. The second-order valence-electron chi connectivity index (χ2n) is 10.9. The van der Waals surface area contributed by atoms with Crippen LogP contribution < -0.4 is 0 Å². The number of hydrogen-bond acceptors (Lipinski definition) is 7. The average molecular weight is 471 g/mol. The molecule has 2 atom stereocenters. The van der Waals surface area contributed by atoms with Crippen LogP contribution >= 0.6 is 0 Å². The first-order valence-corrected chi connectivity index (χ1v) is 11.2. The number of benzene rings is 1. The Bertz CT molecular complexity index is 1050. The lowest BCUT2D eigenvalue weighted by Crippen LogP contribution is -2.67. The van der Waals surface area contributed by atoms with E-state index in [2.05, 4.69) is 0 Å². The van der Waals surface area contributed by atoms with Crippen LogP contribution in [0, 0.1) is 17.8 Å². The van der Waals surface area contributed by atoms with Crippen molar-refractivity contribution in [1.82, 2.24) is 0 Å². The summed E-state index contributed by atoms with van der Waals surface area (Å²) in [6, 6.07) is 7.23. The van der Waals surface area contributed by atoms with Crippen molar-refractivity contribution in [3.05, 3.63) is 58.7 Å². The number of ether oxygens (including phenoxy) is 4. The monoisotopic (exact) mass is 470 g/mol. The Morgan fingerprint density at radius 3 is 1.85 bits per heavy atom. The van der Waals surface area contributed by atoms with Crippen LogP contribution in [-0.4, -0.2) is 43.1 Å². The molecule has 0 saturated carbocycles. The highest BCUT2D eigenvalue weighted by Crippen LogP contribution is 2.54. The minimum absolute atomic E-state index is 0.408. The van der Waals surface area contributed by atoms with Gasteiger partial charge < -0.3 is 18.9 Å². The van der Waals surface area contributed by atoms with E-state index < -0.39 is 46.0 Å². The van der Waals surface area contributed by atoms with Crippen LogP contribution in [0.2, 0.25) is 0 Å². The van der Waals surface area contributed by atoms with Crippen molar-refractivity contribution in [3.8, 4) is 0 Å². The third-order valence-electron chi connectivity index (χ3n) is 6.31. The molecule has 0 N–H and O–H groups in total. The van der Waals surface area contributed by atoms with Gasteiger partial charge in [0.25, 0.3) is 0 Å². The third kappa shape index (κ3) is 3.91. The van der Waals surface area contributed by atoms with Crippen molar-refractivity contribution in [1.29, 1.82) is 0 Å². The minimum Gasteiger partial charge on any atom is -0.466 e. The first-order chi connectivity index (χ1) is 15.6. The molecule has 1 saturated heterocycles. The zero-order chi connectivity index (χ0) is 25.7. The molecule has 0 unspecified atom stereocenters. The van der Waals surface area contributed by atoms with Crippen LogP contribution in [0.1, 0.15) is 59.0 Å². The van der Waals surface area contributed by atoms with Crippen LogP contribution in [0.15, 0.2) is 47.6 Å². The topological polar surface area (TPSA) is 88.1 Å². The fraction of sp³-hybridized carbons (Fsp3) is 0.519. The molecule has 7 heteroatoms. The quantitative estimate of drug-likeness (QED) is 0.478. The Balaban J connectivity index is 2.38. The van der Waals surface area contributed by atoms with Gasteiger partial charge in [0.2, 0.25) is 5.60 Å². The maximum absolute atomic E-state index is 14.2. The number of aryl methyl sites for hydroxylation is 1. The fourth-order valence-electron chi connectivity index (χ4n) is 4.24. The van der Waals surface area contributed by atoms with Crippen LogP contribution in [0.4, 0.5) is 0 Å². The van der Waals surface area contributed by atoms with E-state index in [4.69, 9.17) is 18.9 Å². The molecule has 0 aromatic heterocycles. The van der Waals surface area contributed by atoms with Crippen molar-refractivity contribution in [2.75, 3.05) is 14.2 Å². The normalized spacial score (nSPS) is 24.5. The lowest BCUT2D eigenvalue weighted by atomic mass is 9.65. The van der Waals surface area contributed by atoms with E-state index in [1.165, 1.54) is 6.08 Å². The molecule has 0 radical (unpaired) electrons. The molecule has 1 aliphatic carbocycles. The van der Waals surface area contributed by atoms with Gasteiger partial charge in [0, 0.05) is 11.1 Å². The van der Waals surface area contributed by atoms with Crippen molar-refractivity contribution in [2.45, 2.75) is 66.0 Å². The van der Waals surface area contributed by atoms with Gasteiger partial charge in [-0.2, -0.15) is 0 Å². The standard InChI is InChI=1S/C27H34O7/c1-16-10-12-17(13-11-16)21-33-26(27(34-21,22(29)31-8)23(30)32-9)15-18(24(2,3)4)14-19(20(26)28)25(5,6)7/h10-15,21H,1-9H3/t21-,26+/m1/s1. The van der Waals surface area contributed by atoms with Crippen LogP contribution in [-0.2, 0) is 33.3 Å². The summed E-state index contributed by atoms with van der Waals surface area (Å²) in [6.07, 6.45) is 2.15. The summed E-state index contributed by atoms with van der Waals surface area (Å²) >= 11 is 0.